The number of hydrogen-bond acceptors (Lipinski definition) is 3. The van der Waals surface area contributed by atoms with Gasteiger partial charge in [-0.2, -0.15) is 0 Å². The second-order valence-corrected chi connectivity index (χ2v) is 4.91. The van der Waals surface area contributed by atoms with Gasteiger partial charge in [0.05, 0.1) is 19.6 Å². The average Bonchev–Trinajstić information content (AvgIpc) is 2.36. The van der Waals surface area contributed by atoms with E-state index in [9.17, 15) is 9.59 Å². The van der Waals surface area contributed by atoms with Gasteiger partial charge in [0.25, 0.3) is 0 Å². The lowest BCUT2D eigenvalue weighted by Crippen LogP contribution is -2.40. The van der Waals surface area contributed by atoms with Crippen LogP contribution in [-0.2, 0) is 9.59 Å². The van der Waals surface area contributed by atoms with Gasteiger partial charge in [0.2, 0.25) is 11.8 Å². The lowest BCUT2D eigenvalue weighted by atomic mass is 10.2. The standard InChI is InChI=1S/C15H22N2O3/c1-11(2)17-15(19)10-16-14(18)7-8-20-13-6-4-5-12(3)9-13/h4-6,9,11H,7-8,10H2,1-3H3,(H,16,18)(H,17,19). The summed E-state index contributed by atoms with van der Waals surface area (Å²) in [4.78, 5) is 22.9. The molecular formula is C15H22N2O3. The molecule has 0 bridgehead atoms. The van der Waals surface area contributed by atoms with Crippen molar-refractivity contribution in [3.8, 4) is 5.75 Å². The first-order chi connectivity index (χ1) is 9.47. The first-order valence-corrected chi connectivity index (χ1v) is 6.73. The van der Waals surface area contributed by atoms with Gasteiger partial charge in [-0.3, -0.25) is 9.59 Å². The summed E-state index contributed by atoms with van der Waals surface area (Å²) in [7, 11) is 0. The molecule has 1 rings (SSSR count). The third-order valence-electron chi connectivity index (χ3n) is 2.48. The number of amides is 2. The number of hydrogen-bond donors (Lipinski definition) is 2. The van der Waals surface area contributed by atoms with E-state index >= 15 is 0 Å². The van der Waals surface area contributed by atoms with E-state index in [1.807, 2.05) is 45.0 Å². The molecule has 0 radical (unpaired) electrons. The second-order valence-electron chi connectivity index (χ2n) is 4.91. The molecular weight excluding hydrogens is 256 g/mol. The Morgan fingerprint density at radius 3 is 2.65 bits per heavy atom. The number of ether oxygens (including phenoxy) is 1. The molecule has 0 heterocycles. The van der Waals surface area contributed by atoms with Gasteiger partial charge in [-0.05, 0) is 38.5 Å². The average molecular weight is 278 g/mol. The van der Waals surface area contributed by atoms with Crippen molar-refractivity contribution in [2.24, 2.45) is 0 Å². The fourth-order valence-corrected chi connectivity index (χ4v) is 1.61. The molecule has 0 aliphatic rings. The lowest BCUT2D eigenvalue weighted by molar-refractivity contribution is -0.126. The zero-order valence-electron chi connectivity index (χ0n) is 12.2. The van der Waals surface area contributed by atoms with Gasteiger partial charge in [0.1, 0.15) is 5.75 Å². The minimum Gasteiger partial charge on any atom is -0.493 e. The normalized spacial score (nSPS) is 10.2. The Bertz CT molecular complexity index is 458. The van der Waals surface area contributed by atoms with Gasteiger partial charge >= 0.3 is 0 Å². The van der Waals surface area contributed by atoms with Gasteiger partial charge in [-0.15, -0.1) is 0 Å². The molecule has 0 spiro atoms. The molecule has 110 valence electrons. The maximum absolute atomic E-state index is 11.5. The Morgan fingerprint density at radius 1 is 1.25 bits per heavy atom. The number of nitrogens with one attached hydrogen (secondary N) is 2. The molecule has 1 aromatic rings. The second kappa shape index (κ2) is 8.19. The minimum absolute atomic E-state index is 0.00145. The zero-order chi connectivity index (χ0) is 15.0. The smallest absolute Gasteiger partial charge is 0.239 e. The van der Waals surface area contributed by atoms with Gasteiger partial charge in [0.15, 0.2) is 0 Å². The van der Waals surface area contributed by atoms with Gasteiger partial charge in [-0.1, -0.05) is 12.1 Å². The summed E-state index contributed by atoms with van der Waals surface area (Å²) in [6, 6.07) is 7.71. The summed E-state index contributed by atoms with van der Waals surface area (Å²) < 4.78 is 5.47. The van der Waals surface area contributed by atoms with E-state index in [-0.39, 0.29) is 30.8 Å². The topological polar surface area (TPSA) is 67.4 Å². The maximum atomic E-state index is 11.5. The van der Waals surface area contributed by atoms with Crippen molar-refractivity contribution < 1.29 is 14.3 Å². The molecule has 2 amide bonds. The van der Waals surface area contributed by atoms with E-state index in [1.165, 1.54) is 0 Å². The Kier molecular flexibility index (Phi) is 6.56. The molecule has 0 saturated heterocycles. The van der Waals surface area contributed by atoms with Crippen LogP contribution in [0.25, 0.3) is 0 Å². The van der Waals surface area contributed by atoms with Crippen LogP contribution in [0.2, 0.25) is 0 Å². The third kappa shape index (κ3) is 6.78. The quantitative estimate of drug-likeness (QED) is 0.792. The van der Waals surface area contributed by atoms with Crippen molar-refractivity contribution in [1.29, 1.82) is 0 Å². The van der Waals surface area contributed by atoms with Crippen molar-refractivity contribution in [3.05, 3.63) is 29.8 Å². The van der Waals surface area contributed by atoms with Crippen LogP contribution in [0.1, 0.15) is 25.8 Å². The van der Waals surface area contributed by atoms with Crippen molar-refractivity contribution in [1.82, 2.24) is 10.6 Å². The summed E-state index contributed by atoms with van der Waals surface area (Å²) in [5.41, 5.74) is 1.11. The number of carbonyl (C=O) groups is 2. The summed E-state index contributed by atoms with van der Waals surface area (Å²) in [5.74, 6) is 0.361. The van der Waals surface area contributed by atoms with Crippen LogP contribution < -0.4 is 15.4 Å². The van der Waals surface area contributed by atoms with Gasteiger partial charge in [-0.25, -0.2) is 0 Å². The molecule has 1 aromatic carbocycles. The summed E-state index contributed by atoms with van der Waals surface area (Å²) >= 11 is 0. The molecule has 0 fully saturated rings. The highest BCUT2D eigenvalue weighted by Crippen LogP contribution is 2.12. The Labute approximate surface area is 119 Å². The van der Waals surface area contributed by atoms with Crippen molar-refractivity contribution in [2.75, 3.05) is 13.2 Å². The molecule has 0 aliphatic carbocycles. The lowest BCUT2D eigenvalue weighted by Gasteiger charge is -2.10. The van der Waals surface area contributed by atoms with E-state index in [0.29, 0.717) is 6.61 Å². The number of benzene rings is 1. The van der Waals surface area contributed by atoms with E-state index in [2.05, 4.69) is 10.6 Å². The highest BCUT2D eigenvalue weighted by atomic mass is 16.5. The highest BCUT2D eigenvalue weighted by molar-refractivity contribution is 5.84. The molecule has 5 heteroatoms. The molecule has 5 nitrogen and oxygen atoms in total. The van der Waals surface area contributed by atoms with Crippen LogP contribution in [0.3, 0.4) is 0 Å². The number of rotatable bonds is 7. The van der Waals surface area contributed by atoms with Crippen LogP contribution in [-0.4, -0.2) is 31.0 Å². The molecule has 0 aliphatic heterocycles. The summed E-state index contributed by atoms with van der Waals surface area (Å²) in [6.45, 7) is 6.01. The fourth-order valence-electron chi connectivity index (χ4n) is 1.61. The van der Waals surface area contributed by atoms with Crippen LogP contribution in [0.5, 0.6) is 5.75 Å². The molecule has 0 saturated carbocycles. The van der Waals surface area contributed by atoms with Crippen LogP contribution in [0.15, 0.2) is 24.3 Å². The van der Waals surface area contributed by atoms with Crippen LogP contribution in [0.4, 0.5) is 0 Å². The van der Waals surface area contributed by atoms with Crippen molar-refractivity contribution in [3.63, 3.8) is 0 Å². The zero-order valence-corrected chi connectivity index (χ0v) is 12.2. The summed E-state index contributed by atoms with van der Waals surface area (Å²) in [5, 5.41) is 5.26. The number of aryl methyl sites for hydroxylation is 1. The van der Waals surface area contributed by atoms with Gasteiger partial charge < -0.3 is 15.4 Å². The first kappa shape index (κ1) is 16.0. The van der Waals surface area contributed by atoms with Crippen LogP contribution >= 0.6 is 0 Å². The minimum atomic E-state index is -0.198. The Morgan fingerprint density at radius 2 is 2.00 bits per heavy atom. The molecule has 0 atom stereocenters. The van der Waals surface area contributed by atoms with Crippen LogP contribution in [0, 0.1) is 6.92 Å². The predicted molar refractivity (Wildman–Crippen MR) is 77.6 cm³/mol. The van der Waals surface area contributed by atoms with Crippen molar-refractivity contribution >= 4 is 11.8 Å². The Hall–Kier alpha value is -2.04. The third-order valence-corrected chi connectivity index (χ3v) is 2.48. The van der Waals surface area contributed by atoms with E-state index in [4.69, 9.17) is 4.74 Å². The largest absolute Gasteiger partial charge is 0.493 e. The Balaban J connectivity index is 2.19. The van der Waals surface area contributed by atoms with E-state index in [1.54, 1.807) is 0 Å². The molecule has 0 unspecified atom stereocenters. The monoisotopic (exact) mass is 278 g/mol. The molecule has 2 N–H and O–H groups in total. The molecule has 20 heavy (non-hydrogen) atoms. The number of carbonyl (C=O) groups excluding carboxylic acids is 2. The highest BCUT2D eigenvalue weighted by Gasteiger charge is 2.06. The maximum Gasteiger partial charge on any atom is 0.239 e. The molecule has 0 aromatic heterocycles. The van der Waals surface area contributed by atoms with E-state index < -0.39 is 0 Å². The SMILES string of the molecule is Cc1cccc(OCCC(=O)NCC(=O)NC(C)C)c1. The van der Waals surface area contributed by atoms with E-state index in [0.717, 1.165) is 11.3 Å². The fraction of sp³-hybridized carbons (Fsp3) is 0.467. The van der Waals surface area contributed by atoms with Gasteiger partial charge in [0, 0.05) is 6.04 Å². The summed E-state index contributed by atoms with van der Waals surface area (Å²) in [6.07, 6.45) is 0.225. The first-order valence-electron chi connectivity index (χ1n) is 6.73. The van der Waals surface area contributed by atoms with Crippen molar-refractivity contribution in [2.45, 2.75) is 33.2 Å². The predicted octanol–water partition coefficient (Wildman–Crippen LogP) is 1.40.